The van der Waals surface area contributed by atoms with Crippen molar-refractivity contribution in [2.45, 2.75) is 6.92 Å². The number of thiophene rings is 1. The van der Waals surface area contributed by atoms with Crippen molar-refractivity contribution in [2.24, 2.45) is 0 Å². The summed E-state index contributed by atoms with van der Waals surface area (Å²) in [6, 6.07) is 17.7. The number of hydrogen-bond donors (Lipinski definition) is 1. The Hall–Kier alpha value is -2.70. The highest BCUT2D eigenvalue weighted by Gasteiger charge is 2.14. The Labute approximate surface area is 159 Å². The van der Waals surface area contributed by atoms with Crippen LogP contribution in [0.5, 0.6) is 5.75 Å². The van der Waals surface area contributed by atoms with Crippen molar-refractivity contribution in [2.75, 3.05) is 11.9 Å². The molecule has 1 N–H and O–H groups in total. The third-order valence-electron chi connectivity index (χ3n) is 3.80. The SMILES string of the molecule is Cc1cccc(OCC(=O)Nc2sccc2-c2nc3ccccc3s2)c1. The molecule has 2 heterocycles. The number of aromatic nitrogens is 1. The van der Waals surface area contributed by atoms with E-state index in [4.69, 9.17) is 4.74 Å². The number of nitrogens with zero attached hydrogens (tertiary/aromatic N) is 1. The predicted molar refractivity (Wildman–Crippen MR) is 108 cm³/mol. The Morgan fingerprint density at radius 2 is 2.04 bits per heavy atom. The largest absolute Gasteiger partial charge is 0.484 e. The third-order valence-corrected chi connectivity index (χ3v) is 5.70. The van der Waals surface area contributed by atoms with Crippen LogP contribution in [0.15, 0.2) is 60.0 Å². The maximum absolute atomic E-state index is 12.3. The zero-order valence-electron chi connectivity index (χ0n) is 14.1. The first-order valence-electron chi connectivity index (χ1n) is 8.12. The zero-order chi connectivity index (χ0) is 17.9. The smallest absolute Gasteiger partial charge is 0.262 e. The van der Waals surface area contributed by atoms with E-state index in [1.54, 1.807) is 11.3 Å². The van der Waals surface area contributed by atoms with Gasteiger partial charge in [-0.3, -0.25) is 4.79 Å². The monoisotopic (exact) mass is 380 g/mol. The molecule has 0 aliphatic rings. The molecule has 6 heteroatoms. The number of para-hydroxylation sites is 1. The van der Waals surface area contributed by atoms with Crippen LogP contribution < -0.4 is 10.1 Å². The van der Waals surface area contributed by atoms with E-state index in [1.807, 2.05) is 60.8 Å². The van der Waals surface area contributed by atoms with Gasteiger partial charge in [0, 0.05) is 5.56 Å². The molecule has 2 aromatic heterocycles. The third kappa shape index (κ3) is 3.61. The number of ether oxygens (including phenoxy) is 1. The Morgan fingerprint density at radius 3 is 2.88 bits per heavy atom. The normalized spacial score (nSPS) is 10.8. The first kappa shape index (κ1) is 16.8. The lowest BCUT2D eigenvalue weighted by Gasteiger charge is -2.08. The van der Waals surface area contributed by atoms with Gasteiger partial charge in [-0.1, -0.05) is 24.3 Å². The summed E-state index contributed by atoms with van der Waals surface area (Å²) in [5.74, 6) is 0.508. The van der Waals surface area contributed by atoms with Crippen LogP contribution in [0.1, 0.15) is 5.56 Å². The number of fused-ring (bicyclic) bond motifs is 1. The van der Waals surface area contributed by atoms with Gasteiger partial charge in [-0.05, 0) is 48.2 Å². The molecule has 0 bridgehead atoms. The molecule has 0 atom stereocenters. The van der Waals surface area contributed by atoms with Gasteiger partial charge in [0.2, 0.25) is 0 Å². The van der Waals surface area contributed by atoms with Crippen LogP contribution in [0, 0.1) is 6.92 Å². The van der Waals surface area contributed by atoms with E-state index in [1.165, 1.54) is 11.3 Å². The second-order valence-electron chi connectivity index (χ2n) is 5.80. The van der Waals surface area contributed by atoms with E-state index in [9.17, 15) is 4.79 Å². The van der Waals surface area contributed by atoms with E-state index in [-0.39, 0.29) is 12.5 Å². The number of aryl methyl sites for hydroxylation is 1. The lowest BCUT2D eigenvalue weighted by atomic mass is 10.2. The molecule has 0 fully saturated rings. The Kier molecular flexibility index (Phi) is 4.69. The minimum Gasteiger partial charge on any atom is -0.484 e. The van der Waals surface area contributed by atoms with Crippen LogP contribution in [-0.2, 0) is 4.79 Å². The highest BCUT2D eigenvalue weighted by Crippen LogP contribution is 2.37. The number of hydrogen-bond acceptors (Lipinski definition) is 5. The maximum atomic E-state index is 12.3. The van der Waals surface area contributed by atoms with E-state index in [0.717, 1.165) is 31.4 Å². The standard InChI is InChI=1S/C20H16N2O2S2/c1-13-5-4-6-14(11-13)24-12-18(23)22-19-15(9-10-25-19)20-21-16-7-2-3-8-17(16)26-20/h2-11H,12H2,1H3,(H,22,23). The summed E-state index contributed by atoms with van der Waals surface area (Å²) in [6.07, 6.45) is 0. The Morgan fingerprint density at radius 1 is 1.15 bits per heavy atom. The molecule has 0 saturated heterocycles. The fourth-order valence-electron chi connectivity index (χ4n) is 2.58. The van der Waals surface area contributed by atoms with Crippen LogP contribution in [0.4, 0.5) is 5.00 Å². The van der Waals surface area contributed by atoms with Gasteiger partial charge in [0.1, 0.15) is 15.8 Å². The van der Waals surface area contributed by atoms with Gasteiger partial charge in [0.15, 0.2) is 6.61 Å². The first-order valence-corrected chi connectivity index (χ1v) is 9.81. The van der Waals surface area contributed by atoms with Crippen molar-refractivity contribution in [3.8, 4) is 16.3 Å². The number of nitrogens with one attached hydrogen (secondary N) is 1. The Bertz CT molecular complexity index is 1040. The topological polar surface area (TPSA) is 51.2 Å². The molecule has 2 aromatic carbocycles. The van der Waals surface area contributed by atoms with E-state index >= 15 is 0 Å². The predicted octanol–water partition coefficient (Wildman–Crippen LogP) is 5.35. The molecule has 1 amide bonds. The molecule has 0 aliphatic heterocycles. The van der Waals surface area contributed by atoms with Crippen molar-refractivity contribution in [1.82, 2.24) is 4.98 Å². The summed E-state index contributed by atoms with van der Waals surface area (Å²) in [5.41, 5.74) is 3.01. The van der Waals surface area contributed by atoms with E-state index < -0.39 is 0 Å². The summed E-state index contributed by atoms with van der Waals surface area (Å²) >= 11 is 3.11. The van der Waals surface area contributed by atoms with Gasteiger partial charge in [0.05, 0.1) is 10.2 Å². The van der Waals surface area contributed by atoms with Crippen LogP contribution in [0.2, 0.25) is 0 Å². The molecule has 0 radical (unpaired) electrons. The number of rotatable bonds is 5. The van der Waals surface area contributed by atoms with Crippen LogP contribution in [0.25, 0.3) is 20.8 Å². The highest BCUT2D eigenvalue weighted by molar-refractivity contribution is 7.22. The van der Waals surface area contributed by atoms with Crippen LogP contribution >= 0.6 is 22.7 Å². The average molecular weight is 380 g/mol. The molecular formula is C20H16N2O2S2. The quantitative estimate of drug-likeness (QED) is 0.508. The summed E-state index contributed by atoms with van der Waals surface area (Å²) in [5, 5.41) is 6.59. The Balaban J connectivity index is 1.47. The number of anilines is 1. The molecule has 0 aliphatic carbocycles. The summed E-state index contributed by atoms with van der Waals surface area (Å²) in [6.45, 7) is 1.96. The van der Waals surface area contributed by atoms with Gasteiger partial charge in [-0.2, -0.15) is 0 Å². The number of carbonyl (C=O) groups excluding carboxylic acids is 1. The molecule has 26 heavy (non-hydrogen) atoms. The molecular weight excluding hydrogens is 364 g/mol. The highest BCUT2D eigenvalue weighted by atomic mass is 32.1. The summed E-state index contributed by atoms with van der Waals surface area (Å²) in [7, 11) is 0. The summed E-state index contributed by atoms with van der Waals surface area (Å²) < 4.78 is 6.70. The average Bonchev–Trinajstić information content (AvgIpc) is 3.26. The lowest BCUT2D eigenvalue weighted by molar-refractivity contribution is -0.118. The lowest BCUT2D eigenvalue weighted by Crippen LogP contribution is -2.19. The molecule has 0 saturated carbocycles. The van der Waals surface area contributed by atoms with Crippen molar-refractivity contribution < 1.29 is 9.53 Å². The minimum absolute atomic E-state index is 0.0271. The van der Waals surface area contributed by atoms with Gasteiger partial charge < -0.3 is 10.1 Å². The molecule has 4 rings (SSSR count). The van der Waals surface area contributed by atoms with E-state index in [0.29, 0.717) is 5.75 Å². The van der Waals surface area contributed by atoms with Gasteiger partial charge in [0.25, 0.3) is 5.91 Å². The van der Waals surface area contributed by atoms with Crippen molar-refractivity contribution in [3.05, 3.63) is 65.5 Å². The first-order chi connectivity index (χ1) is 12.7. The maximum Gasteiger partial charge on any atom is 0.262 e. The van der Waals surface area contributed by atoms with Crippen LogP contribution in [0.3, 0.4) is 0 Å². The molecule has 4 aromatic rings. The van der Waals surface area contributed by atoms with Gasteiger partial charge in [-0.25, -0.2) is 4.98 Å². The molecule has 0 unspecified atom stereocenters. The number of carbonyl (C=O) groups is 1. The number of amides is 1. The van der Waals surface area contributed by atoms with Crippen molar-refractivity contribution in [3.63, 3.8) is 0 Å². The molecule has 4 nitrogen and oxygen atoms in total. The molecule has 0 spiro atoms. The number of thiazole rings is 1. The second-order valence-corrected chi connectivity index (χ2v) is 7.75. The molecule has 130 valence electrons. The van der Waals surface area contributed by atoms with Crippen molar-refractivity contribution in [1.29, 1.82) is 0 Å². The van der Waals surface area contributed by atoms with Crippen molar-refractivity contribution >= 4 is 43.8 Å². The summed E-state index contributed by atoms with van der Waals surface area (Å²) in [4.78, 5) is 16.9. The van der Waals surface area contributed by atoms with Crippen LogP contribution in [-0.4, -0.2) is 17.5 Å². The fraction of sp³-hybridized carbons (Fsp3) is 0.100. The fourth-order valence-corrected chi connectivity index (χ4v) is 4.45. The minimum atomic E-state index is -0.184. The van der Waals surface area contributed by atoms with Gasteiger partial charge in [-0.15, -0.1) is 22.7 Å². The van der Waals surface area contributed by atoms with Gasteiger partial charge >= 0.3 is 0 Å². The number of benzene rings is 2. The second kappa shape index (κ2) is 7.27. The van der Waals surface area contributed by atoms with E-state index in [2.05, 4.69) is 16.4 Å². The zero-order valence-corrected chi connectivity index (χ0v) is 15.7.